The topological polar surface area (TPSA) is 30.5 Å². The predicted octanol–water partition coefficient (Wildman–Crippen LogP) is 4.01. The molecular weight excluding hydrogens is 262 g/mol. The summed E-state index contributed by atoms with van der Waals surface area (Å²) in [6, 6.07) is 6.23. The molecule has 1 N–H and O–H groups in total. The Balaban J connectivity index is 1.92. The van der Waals surface area contributed by atoms with E-state index in [0.717, 1.165) is 37.1 Å². The second-order valence-corrected chi connectivity index (χ2v) is 6.47. The van der Waals surface area contributed by atoms with Crippen LogP contribution in [0, 0.1) is 11.8 Å². The zero-order chi connectivity index (χ0) is 15.1. The minimum absolute atomic E-state index is 0.668. The Labute approximate surface area is 129 Å². The fraction of sp³-hybridized carbons (Fsp3) is 0.667. The highest BCUT2D eigenvalue weighted by Crippen LogP contribution is 2.31. The van der Waals surface area contributed by atoms with Crippen molar-refractivity contribution in [1.82, 2.24) is 5.32 Å². The normalized spacial score (nSPS) is 15.6. The van der Waals surface area contributed by atoms with Crippen LogP contribution in [0.15, 0.2) is 18.2 Å². The molecule has 0 spiro atoms. The van der Waals surface area contributed by atoms with Crippen molar-refractivity contribution in [2.45, 2.75) is 46.1 Å². The summed E-state index contributed by atoms with van der Waals surface area (Å²) in [4.78, 5) is 0. The van der Waals surface area contributed by atoms with Gasteiger partial charge in [-0.3, -0.25) is 0 Å². The van der Waals surface area contributed by atoms with Crippen molar-refractivity contribution in [2.75, 3.05) is 20.3 Å². The summed E-state index contributed by atoms with van der Waals surface area (Å²) in [5, 5.41) is 3.47. The van der Waals surface area contributed by atoms with Gasteiger partial charge in [0.1, 0.15) is 0 Å². The Hall–Kier alpha value is -1.22. The zero-order valence-corrected chi connectivity index (χ0v) is 13.7. The van der Waals surface area contributed by atoms with Crippen LogP contribution in [0.3, 0.4) is 0 Å². The number of ether oxygens (including phenoxy) is 2. The molecule has 21 heavy (non-hydrogen) atoms. The van der Waals surface area contributed by atoms with Gasteiger partial charge in [-0.2, -0.15) is 0 Å². The van der Waals surface area contributed by atoms with Gasteiger partial charge in [0.15, 0.2) is 11.5 Å². The van der Waals surface area contributed by atoms with E-state index in [0.29, 0.717) is 5.92 Å². The molecule has 3 heteroatoms. The summed E-state index contributed by atoms with van der Waals surface area (Å²) in [5.41, 5.74) is 1.25. The Kier molecular flexibility index (Phi) is 6.37. The summed E-state index contributed by atoms with van der Waals surface area (Å²) in [7, 11) is 1.70. The first-order valence-corrected chi connectivity index (χ1v) is 8.19. The van der Waals surface area contributed by atoms with Crippen LogP contribution in [0.25, 0.3) is 0 Å². The van der Waals surface area contributed by atoms with Crippen LogP contribution in [0.5, 0.6) is 11.5 Å². The summed E-state index contributed by atoms with van der Waals surface area (Å²) in [6.45, 7) is 7.17. The number of hydrogen-bond acceptors (Lipinski definition) is 3. The number of rotatable bonds is 8. The van der Waals surface area contributed by atoms with Gasteiger partial charge >= 0.3 is 0 Å². The van der Waals surface area contributed by atoms with Crippen molar-refractivity contribution in [2.24, 2.45) is 11.8 Å². The van der Waals surface area contributed by atoms with Crippen molar-refractivity contribution in [3.05, 3.63) is 23.8 Å². The largest absolute Gasteiger partial charge is 0.493 e. The van der Waals surface area contributed by atoms with E-state index >= 15 is 0 Å². The molecule has 0 amide bonds. The van der Waals surface area contributed by atoms with Gasteiger partial charge in [0.2, 0.25) is 0 Å². The lowest BCUT2D eigenvalue weighted by Gasteiger charge is -2.15. The highest BCUT2D eigenvalue weighted by molar-refractivity contribution is 5.43. The highest BCUT2D eigenvalue weighted by Gasteiger charge is 2.16. The predicted molar refractivity (Wildman–Crippen MR) is 87.0 cm³/mol. The van der Waals surface area contributed by atoms with Crippen molar-refractivity contribution < 1.29 is 9.47 Å². The van der Waals surface area contributed by atoms with Crippen LogP contribution < -0.4 is 14.8 Å². The highest BCUT2D eigenvalue weighted by atomic mass is 16.5. The molecule has 1 aromatic carbocycles. The summed E-state index contributed by atoms with van der Waals surface area (Å²) in [6.07, 6.45) is 5.31. The maximum Gasteiger partial charge on any atom is 0.161 e. The maximum atomic E-state index is 6.03. The SMILES string of the molecule is COc1ccc(CNCC(C)C)cc1OCC1CCCC1. The molecule has 1 aliphatic carbocycles. The van der Waals surface area contributed by atoms with Gasteiger partial charge in [-0.1, -0.05) is 32.8 Å². The molecule has 3 nitrogen and oxygen atoms in total. The lowest BCUT2D eigenvalue weighted by molar-refractivity contribution is 0.240. The first kappa shape index (κ1) is 16.2. The molecule has 1 saturated carbocycles. The van der Waals surface area contributed by atoms with Gasteiger partial charge in [0.05, 0.1) is 13.7 Å². The summed E-state index contributed by atoms with van der Waals surface area (Å²) in [5.74, 6) is 3.10. The third-order valence-electron chi connectivity index (χ3n) is 4.06. The molecule has 118 valence electrons. The molecule has 2 rings (SSSR count). The molecule has 0 aromatic heterocycles. The summed E-state index contributed by atoms with van der Waals surface area (Å²) >= 11 is 0. The van der Waals surface area contributed by atoms with Crippen molar-refractivity contribution in [3.63, 3.8) is 0 Å². The monoisotopic (exact) mass is 291 g/mol. The minimum atomic E-state index is 0.668. The molecule has 0 saturated heterocycles. The molecule has 1 aromatic rings. The van der Waals surface area contributed by atoms with E-state index in [4.69, 9.17) is 9.47 Å². The Morgan fingerprint density at radius 3 is 2.62 bits per heavy atom. The van der Waals surface area contributed by atoms with Gasteiger partial charge in [0.25, 0.3) is 0 Å². The van der Waals surface area contributed by atoms with Crippen molar-refractivity contribution >= 4 is 0 Å². The Morgan fingerprint density at radius 2 is 1.95 bits per heavy atom. The lowest BCUT2D eigenvalue weighted by atomic mass is 10.1. The Bertz CT molecular complexity index is 425. The number of methoxy groups -OCH3 is 1. The second kappa shape index (κ2) is 8.28. The van der Waals surface area contributed by atoms with Gasteiger partial charge < -0.3 is 14.8 Å². The smallest absolute Gasteiger partial charge is 0.161 e. The molecule has 1 fully saturated rings. The number of hydrogen-bond donors (Lipinski definition) is 1. The lowest BCUT2D eigenvalue weighted by Crippen LogP contribution is -2.19. The molecule has 0 radical (unpaired) electrons. The summed E-state index contributed by atoms with van der Waals surface area (Å²) < 4.78 is 11.4. The van der Waals surface area contributed by atoms with Crippen molar-refractivity contribution in [1.29, 1.82) is 0 Å². The van der Waals surface area contributed by atoms with Gasteiger partial charge in [-0.05, 0) is 48.9 Å². The van der Waals surface area contributed by atoms with Crippen LogP contribution >= 0.6 is 0 Å². The zero-order valence-electron chi connectivity index (χ0n) is 13.7. The van der Waals surface area contributed by atoms with Crippen LogP contribution in [0.4, 0.5) is 0 Å². The van der Waals surface area contributed by atoms with E-state index in [9.17, 15) is 0 Å². The standard InChI is InChI=1S/C18H29NO2/c1-14(2)11-19-12-16-8-9-17(20-3)18(10-16)21-13-15-6-4-5-7-15/h8-10,14-15,19H,4-7,11-13H2,1-3H3. The van der Waals surface area contributed by atoms with Crippen LogP contribution in [-0.2, 0) is 6.54 Å². The van der Waals surface area contributed by atoms with E-state index in [1.54, 1.807) is 7.11 Å². The molecular formula is C18H29NO2. The van der Waals surface area contributed by atoms with Gasteiger partial charge in [-0.25, -0.2) is 0 Å². The molecule has 1 aliphatic rings. The fourth-order valence-corrected chi connectivity index (χ4v) is 2.83. The van der Waals surface area contributed by atoms with Crippen LogP contribution in [0.2, 0.25) is 0 Å². The molecule has 0 aliphatic heterocycles. The Morgan fingerprint density at radius 1 is 1.19 bits per heavy atom. The minimum Gasteiger partial charge on any atom is -0.493 e. The van der Waals surface area contributed by atoms with Crippen LogP contribution in [-0.4, -0.2) is 20.3 Å². The second-order valence-electron chi connectivity index (χ2n) is 6.47. The van der Waals surface area contributed by atoms with Crippen molar-refractivity contribution in [3.8, 4) is 11.5 Å². The third kappa shape index (κ3) is 5.24. The number of benzene rings is 1. The average molecular weight is 291 g/mol. The van der Waals surface area contributed by atoms with E-state index < -0.39 is 0 Å². The molecule has 0 unspecified atom stereocenters. The third-order valence-corrected chi connectivity index (χ3v) is 4.06. The van der Waals surface area contributed by atoms with E-state index in [-0.39, 0.29) is 0 Å². The first-order valence-electron chi connectivity index (χ1n) is 8.19. The maximum absolute atomic E-state index is 6.03. The first-order chi connectivity index (χ1) is 10.2. The average Bonchev–Trinajstić information content (AvgIpc) is 2.98. The molecule has 0 heterocycles. The van der Waals surface area contributed by atoms with E-state index in [2.05, 4.69) is 31.3 Å². The molecule has 0 atom stereocenters. The quantitative estimate of drug-likeness (QED) is 0.785. The van der Waals surface area contributed by atoms with Crippen LogP contribution in [0.1, 0.15) is 45.1 Å². The van der Waals surface area contributed by atoms with E-state index in [1.807, 2.05) is 6.07 Å². The van der Waals surface area contributed by atoms with Gasteiger partial charge in [0, 0.05) is 6.54 Å². The van der Waals surface area contributed by atoms with Gasteiger partial charge in [-0.15, -0.1) is 0 Å². The van der Waals surface area contributed by atoms with E-state index in [1.165, 1.54) is 31.2 Å². The molecule has 0 bridgehead atoms. The fourth-order valence-electron chi connectivity index (χ4n) is 2.83. The number of nitrogens with one attached hydrogen (secondary N) is 1.